The fraction of sp³-hybridized carbons (Fsp3) is 0.381. The maximum atomic E-state index is 12.8. The smallest absolute Gasteiger partial charge is 0.416 e. The van der Waals surface area contributed by atoms with Crippen LogP contribution in [-0.4, -0.2) is 26.7 Å². The molecule has 0 aliphatic heterocycles. The Kier molecular flexibility index (Phi) is 7.75. The van der Waals surface area contributed by atoms with Crippen molar-refractivity contribution >= 4 is 5.96 Å². The Balaban J connectivity index is 1.87. The van der Waals surface area contributed by atoms with Gasteiger partial charge in [-0.1, -0.05) is 31.2 Å². The summed E-state index contributed by atoms with van der Waals surface area (Å²) in [6.45, 7) is 2.75. The fourth-order valence-electron chi connectivity index (χ4n) is 2.82. The fourth-order valence-corrected chi connectivity index (χ4v) is 2.82. The molecule has 1 unspecified atom stereocenters. The Bertz CT molecular complexity index is 838. The van der Waals surface area contributed by atoms with Crippen molar-refractivity contribution in [1.29, 1.82) is 0 Å². The Morgan fingerprint density at radius 2 is 1.83 bits per heavy atom. The molecule has 0 bridgehead atoms. The van der Waals surface area contributed by atoms with E-state index in [1.165, 1.54) is 12.1 Å². The number of nitrogens with two attached hydrogens (primary N) is 1. The Labute approximate surface area is 168 Å². The van der Waals surface area contributed by atoms with Gasteiger partial charge >= 0.3 is 6.18 Å². The predicted molar refractivity (Wildman–Crippen MR) is 107 cm³/mol. The lowest BCUT2D eigenvalue weighted by molar-refractivity contribution is -0.137. The third-order valence-corrected chi connectivity index (χ3v) is 4.55. The molecule has 8 heteroatoms. The Morgan fingerprint density at radius 3 is 2.48 bits per heavy atom. The van der Waals surface area contributed by atoms with Crippen LogP contribution in [0.1, 0.15) is 36.0 Å². The molecule has 0 fully saturated rings. The summed E-state index contributed by atoms with van der Waals surface area (Å²) in [5, 5.41) is 3.00. The van der Waals surface area contributed by atoms with Crippen molar-refractivity contribution in [3.05, 3.63) is 59.2 Å². The lowest BCUT2D eigenvalue weighted by atomic mass is 9.96. The second kappa shape index (κ2) is 10.0. The molecule has 2 aromatic rings. The molecule has 3 N–H and O–H groups in total. The second-order valence-corrected chi connectivity index (χ2v) is 6.63. The minimum atomic E-state index is -4.34. The van der Waals surface area contributed by atoms with Crippen molar-refractivity contribution in [2.45, 2.75) is 32.0 Å². The van der Waals surface area contributed by atoms with E-state index >= 15 is 0 Å². The first kappa shape index (κ1) is 22.4. The van der Waals surface area contributed by atoms with Crippen molar-refractivity contribution in [3.8, 4) is 11.5 Å². The summed E-state index contributed by atoms with van der Waals surface area (Å²) in [6, 6.07) is 10.9. The van der Waals surface area contributed by atoms with Gasteiger partial charge in [-0.2, -0.15) is 13.2 Å². The number of ether oxygens (including phenoxy) is 2. The van der Waals surface area contributed by atoms with Gasteiger partial charge in [-0.3, -0.25) is 0 Å². The number of nitrogens with zero attached hydrogens (tertiary/aromatic N) is 1. The van der Waals surface area contributed by atoms with Crippen molar-refractivity contribution in [2.75, 3.05) is 20.8 Å². The molecule has 29 heavy (non-hydrogen) atoms. The van der Waals surface area contributed by atoms with E-state index < -0.39 is 11.7 Å². The zero-order chi connectivity index (χ0) is 21.4. The summed E-state index contributed by atoms with van der Waals surface area (Å²) < 4.78 is 49.0. The highest BCUT2D eigenvalue weighted by Gasteiger charge is 2.30. The van der Waals surface area contributed by atoms with Gasteiger partial charge in [0, 0.05) is 6.54 Å². The number of rotatable bonds is 8. The van der Waals surface area contributed by atoms with E-state index in [9.17, 15) is 13.2 Å². The van der Waals surface area contributed by atoms with Crippen LogP contribution in [0, 0.1) is 0 Å². The molecule has 0 heterocycles. The van der Waals surface area contributed by atoms with Crippen LogP contribution < -0.4 is 20.5 Å². The number of guanidine groups is 1. The van der Waals surface area contributed by atoms with E-state index in [1.54, 1.807) is 26.4 Å². The van der Waals surface area contributed by atoms with Crippen LogP contribution in [0.5, 0.6) is 11.5 Å². The van der Waals surface area contributed by atoms with E-state index in [0.29, 0.717) is 36.6 Å². The van der Waals surface area contributed by atoms with E-state index in [4.69, 9.17) is 15.2 Å². The van der Waals surface area contributed by atoms with Crippen LogP contribution in [0.15, 0.2) is 47.5 Å². The quantitative estimate of drug-likeness (QED) is 0.503. The SMILES string of the molecule is COc1ccc(CN=C(N)NCCC(C)c2cccc(C(F)(F)F)c2)cc1OC. The van der Waals surface area contributed by atoms with Gasteiger partial charge in [0.05, 0.1) is 26.3 Å². The van der Waals surface area contributed by atoms with E-state index in [-0.39, 0.29) is 11.9 Å². The number of hydrogen-bond donors (Lipinski definition) is 2. The summed E-state index contributed by atoms with van der Waals surface area (Å²) in [7, 11) is 3.13. The zero-order valence-corrected chi connectivity index (χ0v) is 16.7. The normalized spacial score (nSPS) is 13.1. The van der Waals surface area contributed by atoms with Crippen LogP contribution in [0.4, 0.5) is 13.2 Å². The van der Waals surface area contributed by atoms with Crippen LogP contribution >= 0.6 is 0 Å². The zero-order valence-electron chi connectivity index (χ0n) is 16.7. The summed E-state index contributed by atoms with van der Waals surface area (Å²) in [4.78, 5) is 4.28. The van der Waals surface area contributed by atoms with E-state index in [1.807, 2.05) is 19.1 Å². The molecule has 2 aromatic carbocycles. The molecule has 2 rings (SSSR count). The van der Waals surface area contributed by atoms with Crippen molar-refractivity contribution in [1.82, 2.24) is 5.32 Å². The number of aliphatic imine (C=N–C) groups is 1. The van der Waals surface area contributed by atoms with Gasteiger partial charge in [0.15, 0.2) is 17.5 Å². The van der Waals surface area contributed by atoms with Gasteiger partial charge < -0.3 is 20.5 Å². The first-order valence-electron chi connectivity index (χ1n) is 9.16. The highest BCUT2D eigenvalue weighted by Crippen LogP contribution is 2.31. The second-order valence-electron chi connectivity index (χ2n) is 6.63. The molecular formula is C21H26F3N3O2. The molecule has 0 aliphatic rings. The predicted octanol–water partition coefficient (Wildman–Crippen LogP) is 4.32. The standard InChI is InChI=1S/C21H26F3N3O2/c1-14(16-5-4-6-17(12-16)21(22,23)24)9-10-26-20(25)27-13-15-7-8-18(28-2)19(11-15)29-3/h4-8,11-12,14H,9-10,13H2,1-3H3,(H3,25,26,27). The van der Waals surface area contributed by atoms with Gasteiger partial charge in [-0.15, -0.1) is 0 Å². The average Bonchev–Trinajstić information content (AvgIpc) is 2.71. The molecule has 0 radical (unpaired) electrons. The molecule has 0 aromatic heterocycles. The molecule has 1 atom stereocenters. The Morgan fingerprint density at radius 1 is 1.10 bits per heavy atom. The first-order valence-corrected chi connectivity index (χ1v) is 9.16. The third kappa shape index (κ3) is 6.58. The molecule has 0 aliphatic carbocycles. The molecule has 5 nitrogen and oxygen atoms in total. The van der Waals surface area contributed by atoms with Gasteiger partial charge in [0.25, 0.3) is 0 Å². The highest BCUT2D eigenvalue weighted by molar-refractivity contribution is 5.77. The Hall–Kier alpha value is -2.90. The van der Waals surface area contributed by atoms with Crippen molar-refractivity contribution in [2.24, 2.45) is 10.7 Å². The summed E-state index contributed by atoms with van der Waals surface area (Å²) in [6.07, 6.45) is -3.72. The number of nitrogens with one attached hydrogen (secondary N) is 1. The third-order valence-electron chi connectivity index (χ3n) is 4.55. The summed E-state index contributed by atoms with van der Waals surface area (Å²) in [5.74, 6) is 1.47. The lowest BCUT2D eigenvalue weighted by Gasteiger charge is -2.15. The highest BCUT2D eigenvalue weighted by atomic mass is 19.4. The van der Waals surface area contributed by atoms with Gasteiger partial charge in [-0.25, -0.2) is 4.99 Å². The topological polar surface area (TPSA) is 68.9 Å². The average molecular weight is 409 g/mol. The van der Waals surface area contributed by atoms with E-state index in [2.05, 4.69) is 10.3 Å². The van der Waals surface area contributed by atoms with Crippen LogP contribution in [0.2, 0.25) is 0 Å². The van der Waals surface area contributed by atoms with Gasteiger partial charge in [0.1, 0.15) is 0 Å². The lowest BCUT2D eigenvalue weighted by Crippen LogP contribution is -2.32. The number of alkyl halides is 3. The monoisotopic (exact) mass is 409 g/mol. The van der Waals surface area contributed by atoms with Crippen LogP contribution in [0.3, 0.4) is 0 Å². The maximum Gasteiger partial charge on any atom is 0.416 e. The number of hydrogen-bond acceptors (Lipinski definition) is 3. The maximum absolute atomic E-state index is 12.8. The van der Waals surface area contributed by atoms with Crippen LogP contribution in [0.25, 0.3) is 0 Å². The molecular weight excluding hydrogens is 383 g/mol. The minimum Gasteiger partial charge on any atom is -0.493 e. The summed E-state index contributed by atoms with van der Waals surface area (Å²) >= 11 is 0. The first-order chi connectivity index (χ1) is 13.7. The van der Waals surface area contributed by atoms with Gasteiger partial charge in [-0.05, 0) is 41.7 Å². The number of methoxy groups -OCH3 is 2. The van der Waals surface area contributed by atoms with Crippen molar-refractivity contribution < 1.29 is 22.6 Å². The molecule has 0 saturated heterocycles. The molecule has 158 valence electrons. The van der Waals surface area contributed by atoms with Crippen LogP contribution in [-0.2, 0) is 12.7 Å². The molecule has 0 spiro atoms. The minimum absolute atomic E-state index is 0.0524. The summed E-state index contributed by atoms with van der Waals surface area (Å²) in [5.41, 5.74) is 6.80. The van der Waals surface area contributed by atoms with Gasteiger partial charge in [0.2, 0.25) is 0 Å². The molecule has 0 amide bonds. The number of halogens is 3. The van der Waals surface area contributed by atoms with E-state index in [0.717, 1.165) is 11.6 Å². The molecule has 0 saturated carbocycles. The largest absolute Gasteiger partial charge is 0.493 e. The van der Waals surface area contributed by atoms with Crippen molar-refractivity contribution in [3.63, 3.8) is 0 Å². The number of benzene rings is 2.